The number of likely N-dealkylation sites (tertiary alicyclic amines) is 1. The van der Waals surface area contributed by atoms with Crippen molar-refractivity contribution in [2.24, 2.45) is 5.92 Å². The average molecular weight is 420 g/mol. The fourth-order valence-electron chi connectivity index (χ4n) is 4.75. The third kappa shape index (κ3) is 4.26. The predicted molar refractivity (Wildman–Crippen MR) is 119 cm³/mol. The Bertz CT molecular complexity index is 989. The van der Waals surface area contributed by atoms with Gasteiger partial charge in [0.15, 0.2) is 11.7 Å². The summed E-state index contributed by atoms with van der Waals surface area (Å²) in [5.74, 6) is -2.45. The minimum Gasteiger partial charge on any atom is -0.341 e. The Morgan fingerprint density at radius 3 is 2.58 bits per heavy atom. The molecular weight excluding hydrogens is 390 g/mol. The molecule has 2 atom stereocenters. The summed E-state index contributed by atoms with van der Waals surface area (Å²) in [5, 5.41) is 5.73. The zero-order valence-corrected chi connectivity index (χ0v) is 18.1. The summed E-state index contributed by atoms with van der Waals surface area (Å²) in [7, 11) is 0. The minimum atomic E-state index is -1.31. The first-order chi connectivity index (χ1) is 14.9. The van der Waals surface area contributed by atoms with Gasteiger partial charge in [0.1, 0.15) is 5.54 Å². The first-order valence-corrected chi connectivity index (χ1v) is 10.9. The van der Waals surface area contributed by atoms with E-state index in [4.69, 9.17) is 0 Å². The van der Waals surface area contributed by atoms with Crippen LogP contribution in [0.2, 0.25) is 0 Å². The lowest BCUT2D eigenvalue weighted by Gasteiger charge is -2.39. The number of Topliss-reactive ketones (excluding diaryl/α,β-unsaturated/α-hetero) is 1. The summed E-state index contributed by atoms with van der Waals surface area (Å²) in [6.07, 6.45) is 1.36. The number of nitrogens with one attached hydrogen (secondary N) is 2. The lowest BCUT2D eigenvalue weighted by Crippen LogP contribution is -2.58. The van der Waals surface area contributed by atoms with Gasteiger partial charge in [-0.3, -0.25) is 19.3 Å². The molecule has 162 valence electrons. The molecule has 2 aliphatic heterocycles. The average Bonchev–Trinajstić information content (AvgIpc) is 2.98. The zero-order chi connectivity index (χ0) is 22.0. The Balaban J connectivity index is 1.50. The van der Waals surface area contributed by atoms with E-state index in [9.17, 15) is 14.4 Å². The van der Waals surface area contributed by atoms with Crippen LogP contribution in [-0.2, 0) is 20.9 Å². The van der Waals surface area contributed by atoms with E-state index in [1.54, 1.807) is 0 Å². The van der Waals surface area contributed by atoms with Crippen molar-refractivity contribution in [2.45, 2.75) is 44.7 Å². The fraction of sp³-hybridized carbons (Fsp3) is 0.400. The summed E-state index contributed by atoms with van der Waals surface area (Å²) >= 11 is 0. The second-order valence-corrected chi connectivity index (χ2v) is 8.90. The van der Waals surface area contributed by atoms with Gasteiger partial charge in [-0.2, -0.15) is 0 Å². The van der Waals surface area contributed by atoms with E-state index in [0.717, 1.165) is 24.1 Å². The molecule has 2 saturated heterocycles. The van der Waals surface area contributed by atoms with Crippen LogP contribution < -0.4 is 10.6 Å². The SMILES string of the molecule is CC(C)c1ccccc1NC(=O)C1C(=O)NC2(CCCN(Cc3ccccc3)C2)C1=O. The van der Waals surface area contributed by atoms with E-state index in [2.05, 4.69) is 27.7 Å². The largest absolute Gasteiger partial charge is 0.341 e. The molecule has 2 amide bonds. The quantitative estimate of drug-likeness (QED) is 0.730. The summed E-state index contributed by atoms with van der Waals surface area (Å²) < 4.78 is 0. The molecule has 1 spiro atoms. The minimum absolute atomic E-state index is 0.209. The summed E-state index contributed by atoms with van der Waals surface area (Å²) in [5.41, 5.74) is 1.81. The molecule has 2 aromatic carbocycles. The van der Waals surface area contributed by atoms with Gasteiger partial charge >= 0.3 is 0 Å². The molecule has 2 aliphatic rings. The first-order valence-electron chi connectivity index (χ1n) is 10.9. The van der Waals surface area contributed by atoms with Crippen LogP contribution in [0.5, 0.6) is 0 Å². The lowest BCUT2D eigenvalue weighted by molar-refractivity contribution is -0.136. The van der Waals surface area contributed by atoms with Crippen molar-refractivity contribution in [1.82, 2.24) is 10.2 Å². The van der Waals surface area contributed by atoms with Gasteiger partial charge in [0.2, 0.25) is 11.8 Å². The van der Waals surface area contributed by atoms with Crippen molar-refractivity contribution in [1.29, 1.82) is 0 Å². The second-order valence-electron chi connectivity index (χ2n) is 8.90. The second kappa shape index (κ2) is 8.63. The Kier molecular flexibility index (Phi) is 5.92. The molecule has 6 nitrogen and oxygen atoms in total. The molecule has 31 heavy (non-hydrogen) atoms. The van der Waals surface area contributed by atoms with E-state index >= 15 is 0 Å². The van der Waals surface area contributed by atoms with E-state index < -0.39 is 23.3 Å². The molecule has 6 heteroatoms. The maximum Gasteiger partial charge on any atom is 0.244 e. The standard InChI is InChI=1S/C25H29N3O3/c1-17(2)19-11-6-7-12-20(19)26-23(30)21-22(29)25(27-24(21)31)13-8-14-28(16-25)15-18-9-4-3-5-10-18/h3-7,9-12,17,21H,8,13-16H2,1-2H3,(H,26,30)(H,27,31). The van der Waals surface area contributed by atoms with Gasteiger partial charge in [0, 0.05) is 18.8 Å². The van der Waals surface area contributed by atoms with Gasteiger partial charge in [0.25, 0.3) is 0 Å². The van der Waals surface area contributed by atoms with Crippen LogP contribution in [0.15, 0.2) is 54.6 Å². The number of nitrogens with zero attached hydrogens (tertiary/aromatic N) is 1. The number of ketones is 1. The van der Waals surface area contributed by atoms with Gasteiger partial charge in [0.05, 0.1) is 0 Å². The van der Waals surface area contributed by atoms with Crippen molar-refractivity contribution in [2.75, 3.05) is 18.4 Å². The van der Waals surface area contributed by atoms with Gasteiger partial charge in [-0.25, -0.2) is 0 Å². The van der Waals surface area contributed by atoms with E-state index in [-0.39, 0.29) is 11.7 Å². The lowest BCUT2D eigenvalue weighted by atomic mass is 9.83. The van der Waals surface area contributed by atoms with Gasteiger partial charge in [-0.1, -0.05) is 62.4 Å². The fourth-order valence-corrected chi connectivity index (χ4v) is 4.75. The number of hydrogen-bond donors (Lipinski definition) is 2. The number of carbonyl (C=O) groups excluding carboxylic acids is 3. The third-order valence-electron chi connectivity index (χ3n) is 6.28. The molecule has 2 aromatic rings. The predicted octanol–water partition coefficient (Wildman–Crippen LogP) is 3.10. The monoisotopic (exact) mass is 419 g/mol. The summed E-state index contributed by atoms with van der Waals surface area (Å²) in [4.78, 5) is 41.3. The number of carbonyl (C=O) groups is 3. The van der Waals surface area contributed by atoms with Crippen LogP contribution in [0.3, 0.4) is 0 Å². The normalized spacial score (nSPS) is 23.9. The molecule has 0 bridgehead atoms. The van der Waals surface area contributed by atoms with Crippen LogP contribution in [-0.4, -0.2) is 41.1 Å². The number of amides is 2. The first kappa shape index (κ1) is 21.2. The molecular formula is C25H29N3O3. The topological polar surface area (TPSA) is 78.5 Å². The van der Waals surface area contributed by atoms with E-state index in [1.165, 1.54) is 0 Å². The molecule has 2 heterocycles. The Labute approximate surface area is 183 Å². The van der Waals surface area contributed by atoms with E-state index in [0.29, 0.717) is 25.2 Å². The summed E-state index contributed by atoms with van der Waals surface area (Å²) in [6.45, 7) is 6.08. The van der Waals surface area contributed by atoms with Crippen LogP contribution in [0, 0.1) is 5.92 Å². The number of hydrogen-bond acceptors (Lipinski definition) is 4. The van der Waals surface area contributed by atoms with Crippen LogP contribution in [0.25, 0.3) is 0 Å². The number of piperidine rings is 1. The Hall–Kier alpha value is -2.99. The van der Waals surface area contributed by atoms with Crippen LogP contribution in [0.1, 0.15) is 43.7 Å². The van der Waals surface area contributed by atoms with Crippen molar-refractivity contribution >= 4 is 23.3 Å². The Morgan fingerprint density at radius 2 is 1.84 bits per heavy atom. The van der Waals surface area contributed by atoms with Crippen molar-refractivity contribution in [3.8, 4) is 0 Å². The molecule has 2 N–H and O–H groups in total. The van der Waals surface area contributed by atoms with Crippen LogP contribution in [0.4, 0.5) is 5.69 Å². The maximum atomic E-state index is 13.4. The molecule has 4 rings (SSSR count). The smallest absolute Gasteiger partial charge is 0.244 e. The highest BCUT2D eigenvalue weighted by atomic mass is 16.2. The maximum absolute atomic E-state index is 13.4. The number of benzene rings is 2. The highest BCUT2D eigenvalue weighted by molar-refractivity contribution is 6.28. The number of anilines is 1. The Morgan fingerprint density at radius 1 is 1.13 bits per heavy atom. The summed E-state index contributed by atoms with van der Waals surface area (Å²) in [6, 6.07) is 17.6. The third-order valence-corrected chi connectivity index (χ3v) is 6.28. The van der Waals surface area contributed by atoms with E-state index in [1.807, 2.05) is 56.3 Å². The van der Waals surface area contributed by atoms with Gasteiger partial charge < -0.3 is 10.6 Å². The molecule has 2 fully saturated rings. The van der Waals surface area contributed by atoms with Gasteiger partial charge in [-0.15, -0.1) is 0 Å². The number of rotatable bonds is 5. The van der Waals surface area contributed by atoms with Crippen molar-refractivity contribution < 1.29 is 14.4 Å². The zero-order valence-electron chi connectivity index (χ0n) is 18.1. The molecule has 0 aliphatic carbocycles. The van der Waals surface area contributed by atoms with Crippen LogP contribution >= 0.6 is 0 Å². The van der Waals surface area contributed by atoms with Crippen molar-refractivity contribution in [3.63, 3.8) is 0 Å². The molecule has 2 unspecified atom stereocenters. The number of para-hydroxylation sites is 1. The molecule has 0 aromatic heterocycles. The highest BCUT2D eigenvalue weighted by Gasteiger charge is 2.56. The van der Waals surface area contributed by atoms with Crippen molar-refractivity contribution in [3.05, 3.63) is 65.7 Å². The highest BCUT2D eigenvalue weighted by Crippen LogP contribution is 2.32. The molecule has 0 saturated carbocycles. The van der Waals surface area contributed by atoms with Gasteiger partial charge in [-0.05, 0) is 42.5 Å². The molecule has 0 radical (unpaired) electrons.